The maximum Gasteiger partial charge on any atom is 0.330 e. The molecule has 0 saturated heterocycles. The number of H-pyrrole nitrogens is 1. The molecule has 1 atom stereocenters. The number of ether oxygens (including phenoxy) is 1. The van der Waals surface area contributed by atoms with Gasteiger partial charge in [0.25, 0.3) is 5.56 Å². The monoisotopic (exact) mass is 445 g/mol. The molecule has 0 aliphatic rings. The molecular formula is C25H23N3O3S. The number of aliphatic imine (C=N–C) groups is 1. The van der Waals surface area contributed by atoms with Crippen molar-refractivity contribution in [2.75, 3.05) is 7.11 Å². The number of benzene rings is 2. The minimum absolute atomic E-state index is 0.218. The van der Waals surface area contributed by atoms with E-state index in [0.29, 0.717) is 23.4 Å². The number of carbonyl (C=O) groups excluding carboxylic acids is 1. The number of nitrogens with zero attached hydrogens (tertiary/aromatic N) is 2. The maximum atomic E-state index is 13.4. The molecule has 2 aromatic heterocycles. The molecule has 7 heteroatoms. The highest BCUT2D eigenvalue weighted by Gasteiger charge is 2.25. The first-order valence-electron chi connectivity index (χ1n) is 10.2. The van der Waals surface area contributed by atoms with Gasteiger partial charge in [-0.2, -0.15) is 0 Å². The van der Waals surface area contributed by atoms with E-state index in [1.165, 1.54) is 23.1 Å². The van der Waals surface area contributed by atoms with E-state index < -0.39 is 12.0 Å². The molecular weight excluding hydrogens is 422 g/mol. The second-order valence-electron chi connectivity index (χ2n) is 7.27. The molecule has 0 saturated carbocycles. The van der Waals surface area contributed by atoms with Crippen LogP contribution in [-0.2, 0) is 16.0 Å². The van der Waals surface area contributed by atoms with E-state index in [2.05, 4.69) is 5.10 Å². The van der Waals surface area contributed by atoms with Gasteiger partial charge in [-0.15, -0.1) is 11.3 Å². The smallest absolute Gasteiger partial charge is 0.330 e. The predicted octanol–water partition coefficient (Wildman–Crippen LogP) is 4.16. The predicted molar refractivity (Wildman–Crippen MR) is 127 cm³/mol. The van der Waals surface area contributed by atoms with Crippen LogP contribution in [0.15, 0.2) is 88.0 Å². The van der Waals surface area contributed by atoms with Crippen LogP contribution in [0.25, 0.3) is 5.69 Å². The molecule has 0 unspecified atom stereocenters. The summed E-state index contributed by atoms with van der Waals surface area (Å²) in [4.78, 5) is 31.7. The van der Waals surface area contributed by atoms with Gasteiger partial charge >= 0.3 is 5.97 Å². The number of aromatic amines is 1. The molecule has 162 valence electrons. The molecule has 2 heterocycles. The Hall–Kier alpha value is -3.71. The number of thiophene rings is 1. The molecule has 4 aromatic rings. The van der Waals surface area contributed by atoms with Crippen molar-refractivity contribution in [3.63, 3.8) is 0 Å². The largest absolute Gasteiger partial charge is 0.467 e. The summed E-state index contributed by atoms with van der Waals surface area (Å²) in [6, 6.07) is 22.0. The van der Waals surface area contributed by atoms with Gasteiger partial charge in [-0.25, -0.2) is 9.48 Å². The van der Waals surface area contributed by atoms with Gasteiger partial charge in [0.2, 0.25) is 0 Å². The lowest BCUT2D eigenvalue weighted by atomic mass is 10.0. The third kappa shape index (κ3) is 4.48. The fourth-order valence-electron chi connectivity index (χ4n) is 3.56. The summed E-state index contributed by atoms with van der Waals surface area (Å²) in [7, 11) is 1.35. The summed E-state index contributed by atoms with van der Waals surface area (Å²) in [6.45, 7) is 1.84. The SMILES string of the molecule is COC(=O)[C@H](Cc1ccccc1)N=C(c1cccs1)c1c(C)[nH]n(-c2ccccc2)c1=O. The number of nitrogens with one attached hydrogen (secondary N) is 1. The van der Waals surface area contributed by atoms with Gasteiger partial charge in [-0.05, 0) is 36.1 Å². The number of rotatable bonds is 7. The lowest BCUT2D eigenvalue weighted by molar-refractivity contribution is -0.142. The minimum Gasteiger partial charge on any atom is -0.467 e. The third-order valence-corrected chi connectivity index (χ3v) is 5.98. The average Bonchev–Trinajstić information content (AvgIpc) is 3.46. The number of esters is 1. The molecule has 0 spiro atoms. The van der Waals surface area contributed by atoms with E-state index in [-0.39, 0.29) is 5.56 Å². The molecule has 32 heavy (non-hydrogen) atoms. The normalized spacial score (nSPS) is 12.5. The first kappa shape index (κ1) is 21.5. The number of carbonyl (C=O) groups is 1. The van der Waals surface area contributed by atoms with E-state index in [0.717, 1.165) is 16.1 Å². The van der Waals surface area contributed by atoms with E-state index in [1.807, 2.05) is 85.1 Å². The molecule has 0 amide bonds. The second-order valence-corrected chi connectivity index (χ2v) is 8.22. The third-order valence-electron chi connectivity index (χ3n) is 5.11. The van der Waals surface area contributed by atoms with E-state index in [9.17, 15) is 9.59 Å². The van der Waals surface area contributed by atoms with Crippen molar-refractivity contribution in [3.8, 4) is 5.69 Å². The van der Waals surface area contributed by atoms with Crippen molar-refractivity contribution in [1.82, 2.24) is 9.78 Å². The van der Waals surface area contributed by atoms with E-state index >= 15 is 0 Å². The molecule has 0 aliphatic carbocycles. The second kappa shape index (κ2) is 9.62. The Morgan fingerprint density at radius 3 is 2.38 bits per heavy atom. The summed E-state index contributed by atoms with van der Waals surface area (Å²) in [5, 5.41) is 5.07. The highest BCUT2D eigenvalue weighted by molar-refractivity contribution is 7.12. The zero-order valence-corrected chi connectivity index (χ0v) is 18.6. The van der Waals surface area contributed by atoms with Crippen LogP contribution in [0.4, 0.5) is 0 Å². The number of methoxy groups -OCH3 is 1. The number of hydrogen-bond donors (Lipinski definition) is 1. The average molecular weight is 446 g/mol. The number of hydrogen-bond acceptors (Lipinski definition) is 5. The zero-order valence-electron chi connectivity index (χ0n) is 17.8. The number of para-hydroxylation sites is 1. The Morgan fingerprint density at radius 1 is 1.06 bits per heavy atom. The molecule has 6 nitrogen and oxygen atoms in total. The van der Waals surface area contributed by atoms with Crippen LogP contribution >= 0.6 is 11.3 Å². The van der Waals surface area contributed by atoms with Crippen LogP contribution < -0.4 is 5.56 Å². The Kier molecular flexibility index (Phi) is 6.47. The van der Waals surface area contributed by atoms with Crippen LogP contribution in [0.5, 0.6) is 0 Å². The van der Waals surface area contributed by atoms with Crippen LogP contribution in [0.3, 0.4) is 0 Å². The lowest BCUT2D eigenvalue weighted by Crippen LogP contribution is -2.27. The summed E-state index contributed by atoms with van der Waals surface area (Å²) in [5.74, 6) is -0.445. The summed E-state index contributed by atoms with van der Waals surface area (Å²) >= 11 is 1.47. The van der Waals surface area contributed by atoms with Gasteiger partial charge < -0.3 is 4.74 Å². The van der Waals surface area contributed by atoms with Crippen molar-refractivity contribution in [3.05, 3.63) is 110 Å². The van der Waals surface area contributed by atoms with Crippen molar-refractivity contribution < 1.29 is 9.53 Å². The zero-order chi connectivity index (χ0) is 22.5. The van der Waals surface area contributed by atoms with Crippen molar-refractivity contribution in [2.45, 2.75) is 19.4 Å². The Labute approximate surface area is 189 Å². The van der Waals surface area contributed by atoms with Gasteiger partial charge in [-0.3, -0.25) is 14.9 Å². The topological polar surface area (TPSA) is 76.4 Å². The maximum absolute atomic E-state index is 13.4. The number of aromatic nitrogens is 2. The van der Waals surface area contributed by atoms with Crippen LogP contribution in [-0.4, -0.2) is 34.6 Å². The van der Waals surface area contributed by atoms with Crippen LogP contribution in [0.1, 0.15) is 21.7 Å². The summed E-state index contributed by atoms with van der Waals surface area (Å²) < 4.78 is 6.54. The van der Waals surface area contributed by atoms with Crippen molar-refractivity contribution in [2.24, 2.45) is 4.99 Å². The summed E-state index contributed by atoms with van der Waals surface area (Å²) in [5.41, 5.74) is 3.08. The first-order valence-corrected chi connectivity index (χ1v) is 11.1. The molecule has 0 fully saturated rings. The van der Waals surface area contributed by atoms with Gasteiger partial charge in [0, 0.05) is 12.1 Å². The Balaban J connectivity index is 1.85. The van der Waals surface area contributed by atoms with E-state index in [1.54, 1.807) is 0 Å². The molecule has 0 aliphatic heterocycles. The fourth-order valence-corrected chi connectivity index (χ4v) is 4.29. The summed E-state index contributed by atoms with van der Waals surface area (Å²) in [6.07, 6.45) is 0.374. The van der Waals surface area contributed by atoms with Gasteiger partial charge in [0.1, 0.15) is 0 Å². The van der Waals surface area contributed by atoms with Gasteiger partial charge in [0.05, 0.1) is 28.9 Å². The molecule has 0 radical (unpaired) electrons. The quantitative estimate of drug-likeness (QED) is 0.343. The lowest BCUT2D eigenvalue weighted by Gasteiger charge is -2.13. The molecule has 1 N–H and O–H groups in total. The highest BCUT2D eigenvalue weighted by atomic mass is 32.1. The number of aryl methyl sites for hydroxylation is 1. The highest BCUT2D eigenvalue weighted by Crippen LogP contribution is 2.20. The van der Waals surface area contributed by atoms with Crippen LogP contribution in [0.2, 0.25) is 0 Å². The van der Waals surface area contributed by atoms with Gasteiger partial charge in [-0.1, -0.05) is 54.6 Å². The van der Waals surface area contributed by atoms with Gasteiger partial charge in [0.15, 0.2) is 6.04 Å². The van der Waals surface area contributed by atoms with Crippen molar-refractivity contribution in [1.29, 1.82) is 0 Å². The standard InChI is InChI=1S/C25H23N3O3S/c1-17-22(24(29)28(27-17)19-12-7-4-8-13-19)23(21-14-9-15-32-21)26-20(25(30)31-2)16-18-10-5-3-6-11-18/h3-15,20,27H,16H2,1-2H3/t20-/m0/s1. The van der Waals surface area contributed by atoms with E-state index in [4.69, 9.17) is 9.73 Å². The first-order chi connectivity index (χ1) is 15.6. The molecule has 4 rings (SSSR count). The Bertz CT molecular complexity index is 1270. The molecule has 2 aromatic carbocycles. The fraction of sp³-hybridized carbons (Fsp3) is 0.160. The Morgan fingerprint density at radius 2 is 1.75 bits per heavy atom. The molecule has 0 bridgehead atoms. The van der Waals surface area contributed by atoms with Crippen molar-refractivity contribution >= 4 is 23.0 Å². The minimum atomic E-state index is -0.779. The van der Waals surface area contributed by atoms with Crippen LogP contribution in [0, 0.1) is 6.92 Å².